The van der Waals surface area contributed by atoms with Crippen molar-refractivity contribution in [3.8, 4) is 0 Å². The Hall–Kier alpha value is -1.99. The number of unbranched alkanes of at least 4 members (excludes halogenated alkanes) is 2. The normalized spacial score (nSPS) is 16.5. The third-order valence-electron chi connectivity index (χ3n) is 4.98. The van der Waals surface area contributed by atoms with Gasteiger partial charge < -0.3 is 10.6 Å². The van der Waals surface area contributed by atoms with E-state index in [-0.39, 0.29) is 23.7 Å². The predicted octanol–water partition coefficient (Wildman–Crippen LogP) is 2.47. The lowest BCUT2D eigenvalue weighted by Gasteiger charge is -2.34. The Morgan fingerprint density at radius 2 is 1.57 bits per heavy atom. The highest BCUT2D eigenvalue weighted by atomic mass is 19.1. The van der Waals surface area contributed by atoms with Crippen molar-refractivity contribution in [3.63, 3.8) is 0 Å². The van der Waals surface area contributed by atoms with E-state index in [1.807, 2.05) is 0 Å². The first-order chi connectivity index (χ1) is 13.5. The van der Waals surface area contributed by atoms with Gasteiger partial charge in [0.25, 0.3) is 0 Å². The summed E-state index contributed by atoms with van der Waals surface area (Å²) in [5.74, 6) is -0.362. The second-order valence-corrected chi connectivity index (χ2v) is 7.57. The summed E-state index contributed by atoms with van der Waals surface area (Å²) in [6, 6.07) is 5.96. The molecule has 1 aliphatic heterocycles. The van der Waals surface area contributed by atoms with Gasteiger partial charge >= 0.3 is 0 Å². The Bertz CT molecular complexity index is 615. The number of nitrogens with one attached hydrogen (secondary N) is 2. The Morgan fingerprint density at radius 3 is 2.14 bits per heavy atom. The molecule has 2 N–H and O–H groups in total. The molecular formula is C21H33FN4O2. The molecule has 1 aromatic rings. The molecule has 1 aliphatic rings. The fourth-order valence-corrected chi connectivity index (χ4v) is 3.34. The van der Waals surface area contributed by atoms with E-state index in [0.29, 0.717) is 18.8 Å². The molecular weight excluding hydrogens is 359 g/mol. The van der Waals surface area contributed by atoms with E-state index in [9.17, 15) is 14.0 Å². The minimum atomic E-state index is -0.325. The first kappa shape index (κ1) is 22.3. The zero-order chi connectivity index (χ0) is 20.4. The molecule has 0 spiro atoms. The molecule has 28 heavy (non-hydrogen) atoms. The Morgan fingerprint density at radius 1 is 1.00 bits per heavy atom. The summed E-state index contributed by atoms with van der Waals surface area (Å²) in [6.07, 6.45) is 4.57. The molecule has 156 valence electrons. The van der Waals surface area contributed by atoms with Gasteiger partial charge in [0.15, 0.2) is 0 Å². The number of carbonyl (C=O) groups is 2. The van der Waals surface area contributed by atoms with Crippen LogP contribution in [0.25, 0.3) is 0 Å². The summed E-state index contributed by atoms with van der Waals surface area (Å²) in [6.45, 7) is 7.97. The standard InChI is InChI=1S/C21H33FN4O2/c1-3-4-5-6-17(2)23-20(27)15-25-11-13-26(14-12-25)16-21(28)24-19-9-7-18(22)8-10-19/h7-10,17H,3-6,11-16H2,1-2H3,(H,23,27)(H,24,28)/t17-/m1/s1. The SMILES string of the molecule is CCCCC[C@@H](C)NC(=O)CN1CCN(CC(=O)Nc2ccc(F)cc2)CC1. The van der Waals surface area contributed by atoms with Crippen LogP contribution >= 0.6 is 0 Å². The number of benzene rings is 1. The van der Waals surface area contributed by atoms with Gasteiger partial charge in [0, 0.05) is 37.9 Å². The molecule has 0 aliphatic carbocycles. The highest BCUT2D eigenvalue weighted by molar-refractivity contribution is 5.92. The first-order valence-corrected chi connectivity index (χ1v) is 10.3. The van der Waals surface area contributed by atoms with E-state index in [2.05, 4.69) is 34.3 Å². The number of amides is 2. The molecule has 1 atom stereocenters. The average Bonchev–Trinajstić information content (AvgIpc) is 2.65. The molecule has 0 aromatic heterocycles. The second kappa shape index (κ2) is 11.8. The Balaban J connectivity index is 1.63. The number of nitrogens with zero attached hydrogens (tertiary/aromatic N) is 2. The smallest absolute Gasteiger partial charge is 0.238 e. The van der Waals surface area contributed by atoms with Crippen molar-refractivity contribution in [2.24, 2.45) is 0 Å². The maximum Gasteiger partial charge on any atom is 0.238 e. The topological polar surface area (TPSA) is 64.7 Å². The number of hydrogen-bond acceptors (Lipinski definition) is 4. The van der Waals surface area contributed by atoms with Crippen LogP contribution in [-0.2, 0) is 9.59 Å². The highest BCUT2D eigenvalue weighted by Crippen LogP contribution is 2.09. The maximum absolute atomic E-state index is 12.9. The maximum atomic E-state index is 12.9. The third-order valence-corrected chi connectivity index (χ3v) is 4.98. The van der Waals surface area contributed by atoms with Crippen LogP contribution in [0.2, 0.25) is 0 Å². The van der Waals surface area contributed by atoms with Crippen molar-refractivity contribution in [1.82, 2.24) is 15.1 Å². The molecule has 1 fully saturated rings. The number of piperazine rings is 1. The summed E-state index contributed by atoms with van der Waals surface area (Å²) >= 11 is 0. The zero-order valence-corrected chi connectivity index (χ0v) is 17.0. The Labute approximate surface area is 167 Å². The molecule has 2 amide bonds. The summed E-state index contributed by atoms with van der Waals surface area (Å²) in [5, 5.41) is 5.85. The average molecular weight is 393 g/mol. The summed E-state index contributed by atoms with van der Waals surface area (Å²) in [4.78, 5) is 28.5. The molecule has 7 heteroatoms. The van der Waals surface area contributed by atoms with Crippen LogP contribution in [0.1, 0.15) is 39.5 Å². The molecule has 1 heterocycles. The number of anilines is 1. The fraction of sp³-hybridized carbons (Fsp3) is 0.619. The van der Waals surface area contributed by atoms with E-state index < -0.39 is 0 Å². The van der Waals surface area contributed by atoms with Gasteiger partial charge in [0.2, 0.25) is 11.8 Å². The van der Waals surface area contributed by atoms with Gasteiger partial charge in [-0.25, -0.2) is 4.39 Å². The van der Waals surface area contributed by atoms with Crippen LogP contribution in [0.5, 0.6) is 0 Å². The molecule has 0 unspecified atom stereocenters. The Kier molecular flexibility index (Phi) is 9.37. The highest BCUT2D eigenvalue weighted by Gasteiger charge is 2.21. The van der Waals surface area contributed by atoms with E-state index in [0.717, 1.165) is 39.0 Å². The van der Waals surface area contributed by atoms with Crippen LogP contribution < -0.4 is 10.6 Å². The number of halogens is 1. The van der Waals surface area contributed by atoms with Gasteiger partial charge in [0.1, 0.15) is 5.82 Å². The molecule has 1 saturated heterocycles. The largest absolute Gasteiger partial charge is 0.353 e. The van der Waals surface area contributed by atoms with Crippen molar-refractivity contribution < 1.29 is 14.0 Å². The van der Waals surface area contributed by atoms with E-state index >= 15 is 0 Å². The quantitative estimate of drug-likeness (QED) is 0.601. The number of carbonyl (C=O) groups excluding carboxylic acids is 2. The first-order valence-electron chi connectivity index (χ1n) is 10.3. The molecule has 0 bridgehead atoms. The van der Waals surface area contributed by atoms with Crippen LogP contribution in [-0.4, -0.2) is 66.9 Å². The molecule has 2 rings (SSSR count). The van der Waals surface area contributed by atoms with Gasteiger partial charge in [-0.1, -0.05) is 26.2 Å². The monoisotopic (exact) mass is 392 g/mol. The molecule has 1 aromatic carbocycles. The van der Waals surface area contributed by atoms with Crippen molar-refractivity contribution in [2.75, 3.05) is 44.6 Å². The lowest BCUT2D eigenvalue weighted by Crippen LogP contribution is -2.51. The minimum Gasteiger partial charge on any atom is -0.353 e. The molecule has 6 nitrogen and oxygen atoms in total. The van der Waals surface area contributed by atoms with Gasteiger partial charge in [0.05, 0.1) is 13.1 Å². The fourth-order valence-electron chi connectivity index (χ4n) is 3.34. The van der Waals surface area contributed by atoms with E-state index in [1.165, 1.54) is 25.0 Å². The second-order valence-electron chi connectivity index (χ2n) is 7.57. The van der Waals surface area contributed by atoms with Crippen LogP contribution in [0.3, 0.4) is 0 Å². The van der Waals surface area contributed by atoms with Crippen LogP contribution in [0.4, 0.5) is 10.1 Å². The lowest BCUT2D eigenvalue weighted by molar-refractivity contribution is -0.124. The van der Waals surface area contributed by atoms with Crippen molar-refractivity contribution in [2.45, 2.75) is 45.6 Å². The predicted molar refractivity (Wildman–Crippen MR) is 110 cm³/mol. The summed E-state index contributed by atoms with van der Waals surface area (Å²) in [5.41, 5.74) is 0.592. The minimum absolute atomic E-state index is 0.0755. The summed E-state index contributed by atoms with van der Waals surface area (Å²) < 4.78 is 12.9. The molecule has 0 saturated carbocycles. The van der Waals surface area contributed by atoms with Gasteiger partial charge in [-0.3, -0.25) is 19.4 Å². The van der Waals surface area contributed by atoms with Gasteiger partial charge in [-0.15, -0.1) is 0 Å². The third kappa shape index (κ3) is 8.35. The van der Waals surface area contributed by atoms with E-state index in [1.54, 1.807) is 12.1 Å². The van der Waals surface area contributed by atoms with Crippen molar-refractivity contribution in [1.29, 1.82) is 0 Å². The van der Waals surface area contributed by atoms with Crippen molar-refractivity contribution in [3.05, 3.63) is 30.1 Å². The number of rotatable bonds is 10. The van der Waals surface area contributed by atoms with Gasteiger partial charge in [-0.2, -0.15) is 0 Å². The number of hydrogen-bond donors (Lipinski definition) is 2. The van der Waals surface area contributed by atoms with Crippen LogP contribution in [0, 0.1) is 5.82 Å². The van der Waals surface area contributed by atoms with Crippen molar-refractivity contribution >= 4 is 17.5 Å². The van der Waals surface area contributed by atoms with Crippen LogP contribution in [0.15, 0.2) is 24.3 Å². The molecule has 0 radical (unpaired) electrons. The summed E-state index contributed by atoms with van der Waals surface area (Å²) in [7, 11) is 0. The lowest BCUT2D eigenvalue weighted by atomic mass is 10.1. The van der Waals surface area contributed by atoms with Gasteiger partial charge in [-0.05, 0) is 37.6 Å². The zero-order valence-electron chi connectivity index (χ0n) is 17.0. The van der Waals surface area contributed by atoms with E-state index in [4.69, 9.17) is 0 Å².